The van der Waals surface area contributed by atoms with Gasteiger partial charge in [-0.25, -0.2) is 5.48 Å². The highest BCUT2D eigenvalue weighted by molar-refractivity contribution is 7.39. The summed E-state index contributed by atoms with van der Waals surface area (Å²) in [6.07, 6.45) is 14.8. The fourth-order valence-electron chi connectivity index (χ4n) is 2.47. The molecule has 0 aromatic carbocycles. The second-order valence-electron chi connectivity index (χ2n) is 7.46. The van der Waals surface area contributed by atoms with E-state index in [1.807, 2.05) is 13.0 Å². The van der Waals surface area contributed by atoms with Gasteiger partial charge in [-0.2, -0.15) is 0 Å². The summed E-state index contributed by atoms with van der Waals surface area (Å²) in [6.45, 7) is 10.9. The van der Waals surface area contributed by atoms with E-state index < -0.39 is 20.1 Å². The third-order valence-electron chi connectivity index (χ3n) is 4.17. The van der Waals surface area contributed by atoms with E-state index in [4.69, 9.17) is 9.73 Å². The van der Waals surface area contributed by atoms with Gasteiger partial charge in [0, 0.05) is 0 Å². The lowest BCUT2D eigenvalue weighted by Crippen LogP contribution is -2.25. The van der Waals surface area contributed by atoms with Crippen molar-refractivity contribution in [2.45, 2.75) is 73.1 Å². The fraction of sp³-hybridized carbons (Fsp3) is 0.591. The largest absolute Gasteiger partial charge is 0.346 e. The molecule has 0 saturated heterocycles. The molecule has 1 amide bonds. The molecule has 160 valence electrons. The predicted octanol–water partition coefficient (Wildman–Crippen LogP) is 5.65. The lowest BCUT2D eigenvalue weighted by molar-refractivity contribution is -0.129. The number of hydroxylamine groups is 1. The second kappa shape index (κ2) is 16.5. The van der Waals surface area contributed by atoms with Gasteiger partial charge in [0.2, 0.25) is 0 Å². The van der Waals surface area contributed by atoms with E-state index in [2.05, 4.69) is 51.4 Å². The van der Waals surface area contributed by atoms with Crippen molar-refractivity contribution in [3.05, 3.63) is 46.6 Å². The van der Waals surface area contributed by atoms with Crippen LogP contribution in [-0.2, 0) is 14.2 Å². The van der Waals surface area contributed by atoms with E-state index in [1.54, 1.807) is 0 Å². The smallest absolute Gasteiger partial charge is 0.252 e. The normalized spacial score (nSPS) is 14.0. The lowest BCUT2D eigenvalue weighted by Gasteiger charge is -2.04. The van der Waals surface area contributed by atoms with Gasteiger partial charge in [0.05, 0.1) is 6.61 Å². The number of rotatable bonds is 14. The summed E-state index contributed by atoms with van der Waals surface area (Å²) >= 11 is 0. The zero-order valence-corrected chi connectivity index (χ0v) is 19.1. The van der Waals surface area contributed by atoms with E-state index in [1.165, 1.54) is 22.3 Å². The Labute approximate surface area is 171 Å². The molecule has 0 aromatic heterocycles. The van der Waals surface area contributed by atoms with E-state index in [-0.39, 0.29) is 6.61 Å². The van der Waals surface area contributed by atoms with Gasteiger partial charge in [0.15, 0.2) is 8.03 Å². The summed E-state index contributed by atoms with van der Waals surface area (Å²) in [5, 5.41) is 0. The molecule has 1 unspecified atom stereocenters. The summed E-state index contributed by atoms with van der Waals surface area (Å²) in [5.74, 6) is -0.572. The second-order valence-corrected chi connectivity index (χ2v) is 8.60. The molecule has 5 nitrogen and oxygen atoms in total. The molecule has 0 spiro atoms. The highest BCUT2D eigenvalue weighted by Gasteiger charge is 2.03. The number of nitrogens with one attached hydrogen (secondary N) is 1. The molecule has 0 rings (SSSR count). The summed E-state index contributed by atoms with van der Waals surface area (Å²) in [6, 6.07) is 0. The zero-order chi connectivity index (χ0) is 21.4. The topological polar surface area (TPSA) is 75.6 Å². The molecule has 0 radical (unpaired) electrons. The molecule has 6 heteroatoms. The van der Waals surface area contributed by atoms with Crippen molar-refractivity contribution in [3.8, 4) is 0 Å². The molecule has 0 bridgehead atoms. The number of hydrogen-bond donors (Lipinski definition) is 2. The van der Waals surface area contributed by atoms with Gasteiger partial charge < -0.3 is 4.89 Å². The van der Waals surface area contributed by atoms with Crippen LogP contribution in [0.15, 0.2) is 46.6 Å². The minimum atomic E-state index is -2.79. The van der Waals surface area contributed by atoms with Crippen LogP contribution in [0.1, 0.15) is 73.1 Å². The Morgan fingerprint density at radius 3 is 1.79 bits per heavy atom. The van der Waals surface area contributed by atoms with Gasteiger partial charge in [-0.3, -0.25) is 14.2 Å². The van der Waals surface area contributed by atoms with Gasteiger partial charge in [-0.05, 0) is 73.1 Å². The first-order chi connectivity index (χ1) is 13.2. The summed E-state index contributed by atoms with van der Waals surface area (Å²) in [5.41, 5.74) is 7.59. The maximum atomic E-state index is 11.1. The lowest BCUT2D eigenvalue weighted by atomic mass is 10.0. The summed E-state index contributed by atoms with van der Waals surface area (Å²) in [7, 11) is -2.79. The molecular formula is C22H38NO4P. The first-order valence-corrected chi connectivity index (χ1v) is 11.5. The minimum Gasteiger partial charge on any atom is -0.346 e. The number of hydrogen-bond acceptors (Lipinski definition) is 3. The molecule has 1 atom stereocenters. The first-order valence-electron chi connectivity index (χ1n) is 9.93. The van der Waals surface area contributed by atoms with Crippen molar-refractivity contribution in [1.82, 2.24) is 5.48 Å². The van der Waals surface area contributed by atoms with Gasteiger partial charge in [0.1, 0.15) is 6.16 Å². The van der Waals surface area contributed by atoms with Crippen LogP contribution >= 0.6 is 8.03 Å². The average molecular weight is 412 g/mol. The van der Waals surface area contributed by atoms with Crippen LogP contribution in [0.4, 0.5) is 0 Å². The van der Waals surface area contributed by atoms with Crippen LogP contribution in [0.2, 0.25) is 0 Å². The van der Waals surface area contributed by atoms with Crippen molar-refractivity contribution in [2.24, 2.45) is 0 Å². The molecule has 0 aromatic rings. The van der Waals surface area contributed by atoms with Gasteiger partial charge in [0.25, 0.3) is 5.91 Å². The monoisotopic (exact) mass is 411 g/mol. The molecule has 0 aliphatic carbocycles. The maximum absolute atomic E-state index is 11.1. The Kier molecular flexibility index (Phi) is 15.7. The number of carbonyl (C=O) groups is 1. The Hall–Kier alpha value is -1.42. The average Bonchev–Trinajstić information content (AvgIpc) is 2.57. The molecule has 28 heavy (non-hydrogen) atoms. The van der Waals surface area contributed by atoms with Gasteiger partial charge in [-0.1, -0.05) is 46.6 Å². The third-order valence-corrected chi connectivity index (χ3v) is 4.79. The van der Waals surface area contributed by atoms with Crippen LogP contribution in [0.5, 0.6) is 0 Å². The number of amides is 1. The minimum absolute atomic E-state index is 0.253. The van der Waals surface area contributed by atoms with Crippen LogP contribution in [0.25, 0.3) is 0 Å². The highest BCUT2D eigenvalue weighted by Crippen LogP contribution is 2.13. The molecule has 0 aliphatic heterocycles. The van der Waals surface area contributed by atoms with Crippen molar-refractivity contribution in [3.63, 3.8) is 0 Å². The van der Waals surface area contributed by atoms with Crippen molar-refractivity contribution in [2.75, 3.05) is 12.8 Å². The van der Waals surface area contributed by atoms with Crippen LogP contribution < -0.4 is 5.48 Å². The number of allylic oxidation sites excluding steroid dienone is 7. The highest BCUT2D eigenvalue weighted by atomic mass is 31.1. The SMILES string of the molecule is CC(C)=CCC/C(C)=C/CC/C(C)=C/CC/C(C)=C/CONC(=O)C[PH](=O)O. The van der Waals surface area contributed by atoms with Gasteiger partial charge >= 0.3 is 0 Å². The maximum Gasteiger partial charge on any atom is 0.252 e. The van der Waals surface area contributed by atoms with Crippen molar-refractivity contribution < 1.29 is 19.1 Å². The van der Waals surface area contributed by atoms with Crippen molar-refractivity contribution >= 4 is 13.9 Å². The molecule has 0 aliphatic rings. The number of carbonyl (C=O) groups excluding carboxylic acids is 1. The Bertz CT molecular complexity index is 614. The van der Waals surface area contributed by atoms with E-state index in [9.17, 15) is 9.36 Å². The van der Waals surface area contributed by atoms with Crippen LogP contribution in [0, 0.1) is 0 Å². The summed E-state index contributed by atoms with van der Waals surface area (Å²) in [4.78, 5) is 24.8. The Morgan fingerprint density at radius 2 is 1.32 bits per heavy atom. The predicted molar refractivity (Wildman–Crippen MR) is 119 cm³/mol. The van der Waals surface area contributed by atoms with Crippen LogP contribution in [-0.4, -0.2) is 23.6 Å². The Morgan fingerprint density at radius 1 is 0.857 bits per heavy atom. The molecule has 0 heterocycles. The summed E-state index contributed by atoms with van der Waals surface area (Å²) < 4.78 is 10.5. The molecule has 2 N–H and O–H groups in total. The molecule has 0 fully saturated rings. The molecule has 0 saturated carbocycles. The van der Waals surface area contributed by atoms with E-state index in [0.717, 1.165) is 38.5 Å². The third kappa shape index (κ3) is 18.0. The van der Waals surface area contributed by atoms with Crippen LogP contribution in [0.3, 0.4) is 0 Å². The Balaban J connectivity index is 3.98. The zero-order valence-electron chi connectivity index (χ0n) is 18.1. The van der Waals surface area contributed by atoms with E-state index in [0.29, 0.717) is 0 Å². The molecular weight excluding hydrogens is 373 g/mol. The van der Waals surface area contributed by atoms with Gasteiger partial charge in [-0.15, -0.1) is 0 Å². The standard InChI is InChI=1S/C22H38NO4P/c1-18(2)9-6-10-19(3)11-7-12-20(4)13-8-14-21(5)15-16-27-23-22(24)17-28(25)26/h9,11,13,15,28H,6-8,10,12,14,16-17H2,1-5H3,(H,23,24)(H,25,26)/b19-11+,20-13+,21-15+. The van der Waals surface area contributed by atoms with Crippen molar-refractivity contribution in [1.29, 1.82) is 0 Å². The first kappa shape index (κ1) is 26.6. The quantitative estimate of drug-likeness (QED) is 0.168. The fourth-order valence-corrected chi connectivity index (χ4v) is 2.81. The van der Waals surface area contributed by atoms with E-state index >= 15 is 0 Å².